The highest BCUT2D eigenvalue weighted by Gasteiger charge is 2.26. The van der Waals surface area contributed by atoms with Crippen molar-refractivity contribution in [2.24, 2.45) is 5.92 Å². The van der Waals surface area contributed by atoms with Crippen LogP contribution in [0.25, 0.3) is 0 Å². The first-order valence-corrected chi connectivity index (χ1v) is 6.27. The van der Waals surface area contributed by atoms with Crippen molar-refractivity contribution in [3.8, 4) is 0 Å². The monoisotopic (exact) mass is 274 g/mol. The lowest BCUT2D eigenvalue weighted by Crippen LogP contribution is -2.51. The van der Waals surface area contributed by atoms with Gasteiger partial charge in [0.25, 0.3) is 0 Å². The summed E-state index contributed by atoms with van der Waals surface area (Å²) < 4.78 is 4.75. The lowest BCUT2D eigenvalue weighted by atomic mass is 10.1. The second-order valence-corrected chi connectivity index (χ2v) is 4.33. The van der Waals surface area contributed by atoms with Crippen molar-refractivity contribution in [1.82, 2.24) is 10.2 Å². The molecule has 0 saturated carbocycles. The van der Waals surface area contributed by atoms with Crippen molar-refractivity contribution in [3.05, 3.63) is 0 Å². The van der Waals surface area contributed by atoms with Crippen LogP contribution < -0.4 is 5.32 Å². The van der Waals surface area contributed by atoms with Crippen LogP contribution in [-0.4, -0.2) is 53.7 Å². The number of ether oxygens (including phenoxy) is 1. The van der Waals surface area contributed by atoms with Crippen LogP contribution in [0.3, 0.4) is 0 Å². The van der Waals surface area contributed by atoms with Crippen molar-refractivity contribution in [2.45, 2.75) is 33.7 Å². The first-order valence-electron chi connectivity index (χ1n) is 6.27. The van der Waals surface area contributed by atoms with Crippen molar-refractivity contribution < 1.29 is 24.2 Å². The zero-order valence-electron chi connectivity index (χ0n) is 11.8. The summed E-state index contributed by atoms with van der Waals surface area (Å²) in [5.74, 6) is -1.87. The predicted molar refractivity (Wildman–Crippen MR) is 68.7 cm³/mol. The Bertz CT molecular complexity index is 330. The van der Waals surface area contributed by atoms with E-state index in [-0.39, 0.29) is 25.6 Å². The second-order valence-electron chi connectivity index (χ2n) is 4.33. The molecule has 0 radical (unpaired) electrons. The first-order chi connectivity index (χ1) is 8.83. The number of carboxylic acids is 1. The zero-order chi connectivity index (χ0) is 15.0. The van der Waals surface area contributed by atoms with Gasteiger partial charge in [-0.3, -0.25) is 4.79 Å². The molecule has 0 unspecified atom stereocenters. The van der Waals surface area contributed by atoms with Crippen molar-refractivity contribution in [3.63, 3.8) is 0 Å². The highest BCUT2D eigenvalue weighted by molar-refractivity contribution is 5.85. The smallest absolute Gasteiger partial charge is 0.326 e. The normalized spacial score (nSPS) is 11.8. The third-order valence-electron chi connectivity index (χ3n) is 2.51. The van der Waals surface area contributed by atoms with Crippen LogP contribution in [0.1, 0.15) is 27.7 Å². The van der Waals surface area contributed by atoms with E-state index in [0.29, 0.717) is 0 Å². The molecule has 110 valence electrons. The molecule has 7 heteroatoms. The van der Waals surface area contributed by atoms with E-state index >= 15 is 0 Å². The molecule has 7 nitrogen and oxygen atoms in total. The number of amides is 2. The standard InChI is InChI=1S/C12H22N2O5/c1-5-14(7-9(15)19-6-2)12(18)13-10(8(3)4)11(16)17/h8,10H,5-7H2,1-4H3,(H,13,18)(H,16,17)/t10-/m1/s1. The Morgan fingerprint density at radius 2 is 1.84 bits per heavy atom. The third kappa shape index (κ3) is 6.08. The number of urea groups is 1. The number of hydrogen-bond donors (Lipinski definition) is 2. The van der Waals surface area contributed by atoms with Crippen molar-refractivity contribution in [1.29, 1.82) is 0 Å². The number of nitrogens with one attached hydrogen (secondary N) is 1. The fourth-order valence-corrected chi connectivity index (χ4v) is 1.43. The highest BCUT2D eigenvalue weighted by atomic mass is 16.5. The molecule has 0 bridgehead atoms. The average Bonchev–Trinajstić information content (AvgIpc) is 2.32. The van der Waals surface area contributed by atoms with Crippen LogP contribution in [-0.2, 0) is 14.3 Å². The molecule has 0 fully saturated rings. The summed E-state index contributed by atoms with van der Waals surface area (Å²) in [6.07, 6.45) is 0. The lowest BCUT2D eigenvalue weighted by Gasteiger charge is -2.24. The second kappa shape index (κ2) is 8.34. The Balaban J connectivity index is 4.58. The molecule has 0 spiro atoms. The summed E-state index contributed by atoms with van der Waals surface area (Å²) in [6.45, 7) is 7.09. The van der Waals surface area contributed by atoms with Gasteiger partial charge in [-0.15, -0.1) is 0 Å². The Hall–Kier alpha value is -1.79. The van der Waals surface area contributed by atoms with Gasteiger partial charge in [0, 0.05) is 6.54 Å². The maximum atomic E-state index is 11.9. The number of likely N-dealkylation sites (N-methyl/N-ethyl adjacent to an activating group) is 1. The van der Waals surface area contributed by atoms with Gasteiger partial charge < -0.3 is 20.1 Å². The maximum absolute atomic E-state index is 11.9. The molecular weight excluding hydrogens is 252 g/mol. The summed E-state index contributed by atoms with van der Waals surface area (Å²) in [5.41, 5.74) is 0. The third-order valence-corrected chi connectivity index (χ3v) is 2.51. The van der Waals surface area contributed by atoms with E-state index in [0.717, 1.165) is 0 Å². The molecule has 19 heavy (non-hydrogen) atoms. The molecule has 2 N–H and O–H groups in total. The quantitative estimate of drug-likeness (QED) is 0.666. The van der Waals surface area contributed by atoms with Gasteiger partial charge in [0.05, 0.1) is 6.61 Å². The number of nitrogens with zero attached hydrogens (tertiary/aromatic N) is 1. The van der Waals surface area contributed by atoms with E-state index < -0.39 is 24.0 Å². The lowest BCUT2D eigenvalue weighted by molar-refractivity contribution is -0.143. The SMILES string of the molecule is CCOC(=O)CN(CC)C(=O)N[C@@H](C(=O)O)C(C)C. The van der Waals surface area contributed by atoms with Crippen LogP contribution in [0.15, 0.2) is 0 Å². The molecule has 0 saturated heterocycles. The molecule has 0 aromatic carbocycles. The van der Waals surface area contributed by atoms with Gasteiger partial charge in [0.2, 0.25) is 0 Å². The molecule has 0 rings (SSSR count). The summed E-state index contributed by atoms with van der Waals surface area (Å²) in [5, 5.41) is 11.4. The van der Waals surface area contributed by atoms with Gasteiger partial charge >= 0.3 is 18.0 Å². The van der Waals surface area contributed by atoms with Gasteiger partial charge in [-0.2, -0.15) is 0 Å². The molecule has 0 aliphatic rings. The van der Waals surface area contributed by atoms with E-state index in [4.69, 9.17) is 9.84 Å². The molecular formula is C12H22N2O5. The minimum atomic E-state index is -1.10. The van der Waals surface area contributed by atoms with Crippen LogP contribution in [0, 0.1) is 5.92 Å². The number of hydrogen-bond acceptors (Lipinski definition) is 4. The molecule has 0 aromatic rings. The number of carbonyl (C=O) groups excluding carboxylic acids is 2. The molecule has 2 amide bonds. The molecule has 0 aromatic heterocycles. The Kier molecular flexibility index (Phi) is 7.55. The van der Waals surface area contributed by atoms with E-state index in [1.165, 1.54) is 4.90 Å². The van der Waals surface area contributed by atoms with E-state index in [1.54, 1.807) is 27.7 Å². The number of rotatable bonds is 7. The summed E-state index contributed by atoms with van der Waals surface area (Å²) in [7, 11) is 0. The van der Waals surface area contributed by atoms with Gasteiger partial charge in [-0.05, 0) is 19.8 Å². The Morgan fingerprint density at radius 1 is 1.26 bits per heavy atom. The fourth-order valence-electron chi connectivity index (χ4n) is 1.43. The van der Waals surface area contributed by atoms with Crippen LogP contribution in [0.5, 0.6) is 0 Å². The van der Waals surface area contributed by atoms with E-state index in [9.17, 15) is 14.4 Å². The highest BCUT2D eigenvalue weighted by Crippen LogP contribution is 2.03. The van der Waals surface area contributed by atoms with Crippen LogP contribution >= 0.6 is 0 Å². The van der Waals surface area contributed by atoms with Crippen molar-refractivity contribution >= 4 is 18.0 Å². The first kappa shape index (κ1) is 17.2. The molecule has 1 atom stereocenters. The van der Waals surface area contributed by atoms with E-state index in [2.05, 4.69) is 5.32 Å². The summed E-state index contributed by atoms with van der Waals surface area (Å²) in [6, 6.07) is -1.57. The fraction of sp³-hybridized carbons (Fsp3) is 0.750. The van der Waals surface area contributed by atoms with Gasteiger partial charge in [0.15, 0.2) is 0 Å². The number of aliphatic carboxylic acids is 1. The summed E-state index contributed by atoms with van der Waals surface area (Å²) in [4.78, 5) is 35.4. The van der Waals surface area contributed by atoms with E-state index in [1.807, 2.05) is 0 Å². The van der Waals surface area contributed by atoms with Crippen LogP contribution in [0.2, 0.25) is 0 Å². The average molecular weight is 274 g/mol. The zero-order valence-corrected chi connectivity index (χ0v) is 11.8. The van der Waals surface area contributed by atoms with Gasteiger partial charge in [0.1, 0.15) is 12.6 Å². The predicted octanol–water partition coefficient (Wildman–Crippen LogP) is 0.690. The minimum Gasteiger partial charge on any atom is -0.480 e. The number of carboxylic acid groups (broad SMARTS) is 1. The molecule has 0 heterocycles. The number of carbonyl (C=O) groups is 3. The molecule has 0 aliphatic heterocycles. The number of esters is 1. The topological polar surface area (TPSA) is 95.9 Å². The molecule has 0 aliphatic carbocycles. The maximum Gasteiger partial charge on any atom is 0.326 e. The van der Waals surface area contributed by atoms with Crippen molar-refractivity contribution in [2.75, 3.05) is 19.7 Å². The van der Waals surface area contributed by atoms with Crippen LogP contribution in [0.4, 0.5) is 4.79 Å². The Labute approximate surface area is 112 Å². The van der Waals surface area contributed by atoms with Gasteiger partial charge in [-0.1, -0.05) is 13.8 Å². The summed E-state index contributed by atoms with van der Waals surface area (Å²) >= 11 is 0. The largest absolute Gasteiger partial charge is 0.480 e. The van der Waals surface area contributed by atoms with Gasteiger partial charge in [-0.25, -0.2) is 9.59 Å². The Morgan fingerprint density at radius 3 is 2.21 bits per heavy atom. The minimum absolute atomic E-state index is 0.194.